The Balaban J connectivity index is 2.57. The van der Waals surface area contributed by atoms with Crippen LogP contribution < -0.4 is 11.1 Å². The van der Waals surface area contributed by atoms with Crippen molar-refractivity contribution in [1.29, 1.82) is 0 Å². The molecule has 1 heterocycles. The Labute approximate surface area is 90.7 Å². The molecule has 0 spiro atoms. The van der Waals surface area contributed by atoms with Crippen LogP contribution >= 0.6 is 23.6 Å². The van der Waals surface area contributed by atoms with Crippen molar-refractivity contribution >= 4 is 34.6 Å². The summed E-state index contributed by atoms with van der Waals surface area (Å²) >= 11 is 6.19. The van der Waals surface area contributed by atoms with E-state index in [1.54, 1.807) is 13.8 Å². The zero-order valence-electron chi connectivity index (χ0n) is 7.96. The fourth-order valence-corrected chi connectivity index (χ4v) is 1.47. The van der Waals surface area contributed by atoms with Crippen molar-refractivity contribution < 1.29 is 4.79 Å². The summed E-state index contributed by atoms with van der Waals surface area (Å²) in [6, 6.07) is 0. The van der Waals surface area contributed by atoms with E-state index in [2.05, 4.69) is 15.5 Å². The number of amides is 1. The number of hydrogen-bond donors (Lipinski definition) is 3. The summed E-state index contributed by atoms with van der Waals surface area (Å²) in [5.74, 6) is -0.343. The Morgan fingerprint density at radius 3 is 2.86 bits per heavy atom. The van der Waals surface area contributed by atoms with Gasteiger partial charge >= 0.3 is 0 Å². The molecule has 0 aromatic carbocycles. The molecule has 0 aliphatic rings. The van der Waals surface area contributed by atoms with Gasteiger partial charge in [0.15, 0.2) is 3.95 Å². The first-order valence-corrected chi connectivity index (χ1v) is 5.23. The monoisotopic (exact) mass is 232 g/mol. The molecule has 1 aromatic heterocycles. The van der Waals surface area contributed by atoms with Crippen molar-refractivity contribution in [3.63, 3.8) is 0 Å². The number of carbonyl (C=O) groups excluding carboxylic acids is 1. The molecule has 0 saturated carbocycles. The van der Waals surface area contributed by atoms with E-state index in [9.17, 15) is 4.79 Å². The maximum atomic E-state index is 11.0. The zero-order chi connectivity index (χ0) is 10.8. The van der Waals surface area contributed by atoms with E-state index in [1.165, 1.54) is 11.3 Å². The van der Waals surface area contributed by atoms with Gasteiger partial charge in [0.05, 0.1) is 5.41 Å². The molecule has 1 rings (SSSR count). The van der Waals surface area contributed by atoms with Gasteiger partial charge in [-0.2, -0.15) is 0 Å². The second kappa shape index (κ2) is 4.05. The number of nitrogens with two attached hydrogens (primary N) is 1. The summed E-state index contributed by atoms with van der Waals surface area (Å²) in [4.78, 5) is 11.0. The minimum absolute atomic E-state index is 0.343. The molecule has 0 fully saturated rings. The van der Waals surface area contributed by atoms with Crippen LogP contribution in [0.2, 0.25) is 0 Å². The zero-order valence-corrected chi connectivity index (χ0v) is 9.59. The van der Waals surface area contributed by atoms with Gasteiger partial charge in [-0.05, 0) is 26.1 Å². The fourth-order valence-electron chi connectivity index (χ4n) is 0.689. The predicted molar refractivity (Wildman–Crippen MR) is 58.8 cm³/mol. The largest absolute Gasteiger partial charge is 0.369 e. The van der Waals surface area contributed by atoms with Crippen LogP contribution in [0.1, 0.15) is 13.8 Å². The topological polar surface area (TPSA) is 83.8 Å². The number of rotatable bonds is 4. The molecule has 5 nitrogen and oxygen atoms in total. The molecule has 0 unspecified atom stereocenters. The second-order valence-electron chi connectivity index (χ2n) is 3.52. The summed E-state index contributed by atoms with van der Waals surface area (Å²) in [5.41, 5.74) is 4.63. The van der Waals surface area contributed by atoms with Gasteiger partial charge in [-0.1, -0.05) is 11.3 Å². The SMILES string of the molecule is CC(C)(CNc1n[nH]c(=S)s1)C(N)=O. The van der Waals surface area contributed by atoms with Crippen molar-refractivity contribution in [2.45, 2.75) is 13.8 Å². The summed E-state index contributed by atoms with van der Waals surface area (Å²) in [7, 11) is 0. The third-order valence-electron chi connectivity index (χ3n) is 1.79. The van der Waals surface area contributed by atoms with Gasteiger partial charge < -0.3 is 11.1 Å². The molecule has 0 radical (unpaired) electrons. The average molecular weight is 232 g/mol. The number of hydrogen-bond acceptors (Lipinski definition) is 5. The van der Waals surface area contributed by atoms with Crippen LogP contribution in [-0.2, 0) is 4.79 Å². The summed E-state index contributed by atoms with van der Waals surface area (Å²) in [6.07, 6.45) is 0. The highest BCUT2D eigenvalue weighted by Crippen LogP contribution is 2.17. The van der Waals surface area contributed by atoms with Crippen LogP contribution in [0.5, 0.6) is 0 Å². The average Bonchev–Trinajstić information content (AvgIpc) is 2.48. The van der Waals surface area contributed by atoms with E-state index in [0.717, 1.165) is 0 Å². The molecule has 7 heteroatoms. The second-order valence-corrected chi connectivity index (χ2v) is 5.19. The highest BCUT2D eigenvalue weighted by atomic mass is 32.1. The summed E-state index contributed by atoms with van der Waals surface area (Å²) in [5, 5.41) is 10.2. The fraction of sp³-hybridized carbons (Fsp3) is 0.571. The number of primary amides is 1. The van der Waals surface area contributed by atoms with Gasteiger partial charge in [-0.15, -0.1) is 5.10 Å². The smallest absolute Gasteiger partial charge is 0.224 e. The number of nitrogens with one attached hydrogen (secondary N) is 2. The highest BCUT2D eigenvalue weighted by molar-refractivity contribution is 7.73. The van der Waals surface area contributed by atoms with Gasteiger partial charge in [0, 0.05) is 6.54 Å². The minimum Gasteiger partial charge on any atom is -0.369 e. The van der Waals surface area contributed by atoms with Crippen molar-refractivity contribution in [2.24, 2.45) is 11.1 Å². The predicted octanol–water partition coefficient (Wildman–Crippen LogP) is 1.12. The Kier molecular flexibility index (Phi) is 3.22. The molecule has 14 heavy (non-hydrogen) atoms. The van der Waals surface area contributed by atoms with Crippen molar-refractivity contribution in [2.75, 3.05) is 11.9 Å². The molecular weight excluding hydrogens is 220 g/mol. The molecule has 0 atom stereocenters. The van der Waals surface area contributed by atoms with Crippen LogP contribution in [0, 0.1) is 9.37 Å². The first kappa shape index (κ1) is 11.1. The Morgan fingerprint density at radius 1 is 1.79 bits per heavy atom. The number of anilines is 1. The van der Waals surface area contributed by atoms with Crippen molar-refractivity contribution in [1.82, 2.24) is 10.2 Å². The molecule has 0 saturated heterocycles. The van der Waals surface area contributed by atoms with E-state index in [-0.39, 0.29) is 5.91 Å². The van der Waals surface area contributed by atoms with E-state index < -0.39 is 5.41 Å². The maximum Gasteiger partial charge on any atom is 0.224 e. The van der Waals surface area contributed by atoms with E-state index in [4.69, 9.17) is 18.0 Å². The molecule has 0 aliphatic heterocycles. The molecular formula is C7H12N4OS2. The number of H-pyrrole nitrogens is 1. The number of aromatic amines is 1. The quantitative estimate of drug-likeness (QED) is 0.679. The number of carbonyl (C=O) groups is 1. The first-order valence-electron chi connectivity index (χ1n) is 4.01. The van der Waals surface area contributed by atoms with Gasteiger partial charge in [0.25, 0.3) is 0 Å². The molecule has 1 amide bonds. The summed E-state index contributed by atoms with van der Waals surface area (Å²) in [6.45, 7) is 3.99. The summed E-state index contributed by atoms with van der Waals surface area (Å²) < 4.78 is 0.601. The standard InChI is InChI=1S/C7H12N4OS2/c1-7(2,4(8)12)3-9-5-10-11-6(13)14-5/h3H2,1-2H3,(H2,8,12)(H,9,10)(H,11,13). The third kappa shape index (κ3) is 2.78. The normalized spacial score (nSPS) is 11.3. The van der Waals surface area contributed by atoms with Crippen LogP contribution in [-0.4, -0.2) is 22.6 Å². The lowest BCUT2D eigenvalue weighted by molar-refractivity contribution is -0.125. The highest BCUT2D eigenvalue weighted by Gasteiger charge is 2.24. The molecule has 4 N–H and O–H groups in total. The van der Waals surface area contributed by atoms with E-state index in [1.807, 2.05) is 0 Å². The Morgan fingerprint density at radius 2 is 2.43 bits per heavy atom. The van der Waals surface area contributed by atoms with Crippen molar-refractivity contribution in [3.05, 3.63) is 3.95 Å². The van der Waals surface area contributed by atoms with E-state index in [0.29, 0.717) is 15.6 Å². The molecule has 0 aliphatic carbocycles. The van der Waals surface area contributed by atoms with Gasteiger partial charge in [-0.25, -0.2) is 0 Å². The van der Waals surface area contributed by atoms with Crippen molar-refractivity contribution in [3.8, 4) is 0 Å². The lowest BCUT2D eigenvalue weighted by Gasteiger charge is -2.19. The lowest BCUT2D eigenvalue weighted by atomic mass is 9.93. The third-order valence-corrected chi connectivity index (χ3v) is 2.83. The lowest BCUT2D eigenvalue weighted by Crippen LogP contribution is -2.37. The van der Waals surface area contributed by atoms with E-state index >= 15 is 0 Å². The molecule has 1 aromatic rings. The Hall–Kier alpha value is -0.950. The maximum absolute atomic E-state index is 11.0. The Bertz CT molecular complexity index is 381. The number of nitrogens with zero attached hydrogens (tertiary/aromatic N) is 1. The van der Waals surface area contributed by atoms with Gasteiger partial charge in [0.2, 0.25) is 11.0 Å². The van der Waals surface area contributed by atoms with Crippen LogP contribution in [0.15, 0.2) is 0 Å². The van der Waals surface area contributed by atoms with Gasteiger partial charge in [0.1, 0.15) is 0 Å². The minimum atomic E-state index is -0.590. The van der Waals surface area contributed by atoms with Crippen LogP contribution in [0.25, 0.3) is 0 Å². The number of aromatic nitrogens is 2. The first-order chi connectivity index (χ1) is 6.42. The molecule has 78 valence electrons. The van der Waals surface area contributed by atoms with Crippen LogP contribution in [0.4, 0.5) is 5.13 Å². The van der Waals surface area contributed by atoms with Crippen LogP contribution in [0.3, 0.4) is 0 Å². The molecule has 0 bridgehead atoms. The van der Waals surface area contributed by atoms with Gasteiger partial charge in [-0.3, -0.25) is 9.89 Å².